The molecule has 3 nitrogen and oxygen atoms in total. The van der Waals surface area contributed by atoms with Crippen molar-refractivity contribution in [1.82, 2.24) is 10.6 Å². The minimum absolute atomic E-state index is 0.0877. The van der Waals surface area contributed by atoms with Gasteiger partial charge in [0.2, 0.25) is 5.91 Å². The van der Waals surface area contributed by atoms with E-state index in [1.165, 1.54) is 0 Å². The number of rotatable bonds is 5. The Morgan fingerprint density at radius 3 is 1.64 bits per heavy atom. The highest BCUT2D eigenvalue weighted by Crippen LogP contribution is 2.37. The standard InChI is InChI=1S/C25H26N2O/c28-24-23(18-10-11-19-26-24)27-25(20-12-4-1-5-13-20,21-14-6-2-7-15-21)22-16-8-3-9-17-22/h1-9,12-17,23,27H,10-11,18-19H2,(H,26,28)/t23-/m1/s1. The second-order valence-electron chi connectivity index (χ2n) is 7.33. The largest absolute Gasteiger partial charge is 0.355 e. The number of carbonyl (C=O) groups is 1. The molecule has 28 heavy (non-hydrogen) atoms. The van der Waals surface area contributed by atoms with Crippen molar-refractivity contribution in [2.75, 3.05) is 6.54 Å². The van der Waals surface area contributed by atoms with Gasteiger partial charge in [0.05, 0.1) is 11.6 Å². The Bertz CT molecular complexity index is 797. The van der Waals surface area contributed by atoms with Crippen molar-refractivity contribution in [3.63, 3.8) is 0 Å². The number of nitrogens with one attached hydrogen (secondary N) is 2. The third-order valence-electron chi connectivity index (χ3n) is 5.55. The molecule has 1 saturated heterocycles. The highest BCUT2D eigenvalue weighted by atomic mass is 16.2. The van der Waals surface area contributed by atoms with Gasteiger partial charge >= 0.3 is 0 Å². The van der Waals surface area contributed by atoms with Crippen LogP contribution in [0.1, 0.15) is 36.0 Å². The Kier molecular flexibility index (Phi) is 5.54. The molecule has 0 bridgehead atoms. The van der Waals surface area contributed by atoms with E-state index >= 15 is 0 Å². The molecule has 142 valence electrons. The summed E-state index contributed by atoms with van der Waals surface area (Å²) in [6, 6.07) is 31.0. The summed E-state index contributed by atoms with van der Waals surface area (Å²) >= 11 is 0. The summed E-state index contributed by atoms with van der Waals surface area (Å²) in [5.74, 6) is 0.0877. The van der Waals surface area contributed by atoms with E-state index < -0.39 is 5.54 Å². The summed E-state index contributed by atoms with van der Waals surface area (Å²) in [4.78, 5) is 12.8. The van der Waals surface area contributed by atoms with Crippen molar-refractivity contribution in [3.05, 3.63) is 108 Å². The first-order valence-corrected chi connectivity index (χ1v) is 10.0. The monoisotopic (exact) mass is 370 g/mol. The predicted molar refractivity (Wildman–Crippen MR) is 113 cm³/mol. The molecule has 3 aromatic carbocycles. The van der Waals surface area contributed by atoms with Crippen molar-refractivity contribution in [2.45, 2.75) is 30.8 Å². The van der Waals surface area contributed by atoms with Crippen molar-refractivity contribution in [1.29, 1.82) is 0 Å². The number of hydrogen-bond donors (Lipinski definition) is 2. The molecule has 0 unspecified atom stereocenters. The molecule has 1 heterocycles. The van der Waals surface area contributed by atoms with E-state index in [-0.39, 0.29) is 11.9 Å². The first kappa shape index (κ1) is 18.5. The van der Waals surface area contributed by atoms with Crippen LogP contribution in [0.15, 0.2) is 91.0 Å². The van der Waals surface area contributed by atoms with Crippen molar-refractivity contribution in [3.8, 4) is 0 Å². The Balaban J connectivity index is 1.91. The predicted octanol–water partition coefficient (Wildman–Crippen LogP) is 4.24. The molecule has 3 heteroatoms. The summed E-state index contributed by atoms with van der Waals surface area (Å²) in [6.45, 7) is 0.756. The SMILES string of the molecule is O=C1NCCCC[C@H]1NC(c1ccccc1)(c1ccccc1)c1ccccc1. The van der Waals surface area contributed by atoms with Crippen LogP contribution < -0.4 is 10.6 Å². The van der Waals surface area contributed by atoms with Gasteiger partial charge in [-0.3, -0.25) is 10.1 Å². The third kappa shape index (κ3) is 3.58. The zero-order valence-electron chi connectivity index (χ0n) is 16.0. The lowest BCUT2D eigenvalue weighted by molar-refractivity contribution is -0.123. The van der Waals surface area contributed by atoms with Crippen LogP contribution in [0.5, 0.6) is 0 Å². The topological polar surface area (TPSA) is 41.1 Å². The maximum atomic E-state index is 12.8. The first-order valence-electron chi connectivity index (χ1n) is 10.0. The highest BCUT2D eigenvalue weighted by molar-refractivity contribution is 5.82. The Hall–Kier alpha value is -2.91. The molecular formula is C25H26N2O. The zero-order chi connectivity index (χ0) is 19.2. The number of benzene rings is 3. The Labute approximate surface area is 166 Å². The number of carbonyl (C=O) groups excluding carboxylic acids is 1. The second kappa shape index (κ2) is 8.41. The minimum Gasteiger partial charge on any atom is -0.355 e. The Morgan fingerprint density at radius 1 is 0.714 bits per heavy atom. The van der Waals surface area contributed by atoms with Gasteiger partial charge < -0.3 is 5.32 Å². The third-order valence-corrected chi connectivity index (χ3v) is 5.55. The molecule has 3 aromatic rings. The molecule has 0 saturated carbocycles. The lowest BCUT2D eigenvalue weighted by atomic mass is 9.76. The normalized spacial score (nSPS) is 17.6. The summed E-state index contributed by atoms with van der Waals surface area (Å²) in [7, 11) is 0. The van der Waals surface area contributed by atoms with Crippen LogP contribution in [-0.2, 0) is 10.3 Å². The van der Waals surface area contributed by atoms with E-state index in [1.807, 2.05) is 18.2 Å². The highest BCUT2D eigenvalue weighted by Gasteiger charge is 2.39. The molecule has 4 rings (SSSR count). The van der Waals surface area contributed by atoms with Gasteiger partial charge in [0.25, 0.3) is 0 Å². The van der Waals surface area contributed by atoms with Gasteiger partial charge in [-0.15, -0.1) is 0 Å². The summed E-state index contributed by atoms with van der Waals surface area (Å²) < 4.78 is 0. The van der Waals surface area contributed by atoms with Crippen LogP contribution in [0.2, 0.25) is 0 Å². The average molecular weight is 370 g/mol. The van der Waals surface area contributed by atoms with E-state index in [1.54, 1.807) is 0 Å². The number of hydrogen-bond acceptors (Lipinski definition) is 2. The summed E-state index contributed by atoms with van der Waals surface area (Å²) in [5.41, 5.74) is 2.79. The second-order valence-corrected chi connectivity index (χ2v) is 7.33. The lowest BCUT2D eigenvalue weighted by Gasteiger charge is -2.39. The number of amides is 1. The van der Waals surface area contributed by atoms with Gasteiger partial charge in [-0.25, -0.2) is 0 Å². The van der Waals surface area contributed by atoms with Crippen molar-refractivity contribution >= 4 is 5.91 Å². The van der Waals surface area contributed by atoms with Crippen LogP contribution in [0.25, 0.3) is 0 Å². The van der Waals surface area contributed by atoms with Gasteiger partial charge in [-0.2, -0.15) is 0 Å². The molecule has 0 aliphatic carbocycles. The van der Waals surface area contributed by atoms with Gasteiger partial charge in [-0.05, 0) is 36.0 Å². The van der Waals surface area contributed by atoms with Crippen LogP contribution >= 0.6 is 0 Å². The van der Waals surface area contributed by atoms with E-state index in [9.17, 15) is 4.79 Å². The minimum atomic E-state index is -0.601. The molecule has 1 atom stereocenters. The van der Waals surface area contributed by atoms with E-state index in [2.05, 4.69) is 83.4 Å². The molecule has 1 amide bonds. The first-order chi connectivity index (χ1) is 13.8. The molecule has 1 fully saturated rings. The lowest BCUT2D eigenvalue weighted by Crippen LogP contribution is -2.54. The van der Waals surface area contributed by atoms with Crippen LogP contribution in [-0.4, -0.2) is 18.5 Å². The van der Waals surface area contributed by atoms with Crippen LogP contribution in [0.3, 0.4) is 0 Å². The van der Waals surface area contributed by atoms with Gasteiger partial charge in [0, 0.05) is 6.54 Å². The molecule has 0 radical (unpaired) electrons. The fraction of sp³-hybridized carbons (Fsp3) is 0.240. The van der Waals surface area contributed by atoms with Gasteiger partial charge in [-0.1, -0.05) is 91.0 Å². The van der Waals surface area contributed by atoms with Gasteiger partial charge in [0.1, 0.15) is 0 Å². The molecule has 0 spiro atoms. The van der Waals surface area contributed by atoms with E-state index in [4.69, 9.17) is 0 Å². The molecular weight excluding hydrogens is 344 g/mol. The quantitative estimate of drug-likeness (QED) is 0.660. The van der Waals surface area contributed by atoms with Gasteiger partial charge in [0.15, 0.2) is 0 Å². The fourth-order valence-electron chi connectivity index (χ4n) is 4.15. The van der Waals surface area contributed by atoms with Crippen molar-refractivity contribution in [2.24, 2.45) is 0 Å². The summed E-state index contributed by atoms with van der Waals surface area (Å²) in [5, 5.41) is 6.87. The molecule has 0 aromatic heterocycles. The summed E-state index contributed by atoms with van der Waals surface area (Å²) in [6.07, 6.45) is 2.89. The smallest absolute Gasteiger partial charge is 0.237 e. The van der Waals surface area contributed by atoms with E-state index in [0.29, 0.717) is 0 Å². The molecule has 1 aliphatic heterocycles. The fourth-order valence-corrected chi connectivity index (χ4v) is 4.15. The molecule has 1 aliphatic rings. The maximum absolute atomic E-state index is 12.8. The Morgan fingerprint density at radius 2 is 1.18 bits per heavy atom. The van der Waals surface area contributed by atoms with Crippen LogP contribution in [0, 0.1) is 0 Å². The molecule has 2 N–H and O–H groups in total. The van der Waals surface area contributed by atoms with Crippen molar-refractivity contribution < 1.29 is 4.79 Å². The van der Waals surface area contributed by atoms with E-state index in [0.717, 1.165) is 42.5 Å². The zero-order valence-corrected chi connectivity index (χ0v) is 16.0. The van der Waals surface area contributed by atoms with Crippen LogP contribution in [0.4, 0.5) is 0 Å². The average Bonchev–Trinajstić information content (AvgIpc) is 2.98. The maximum Gasteiger partial charge on any atom is 0.237 e.